The fraction of sp³-hybridized carbons (Fsp3) is 0.500. The third-order valence-electron chi connectivity index (χ3n) is 3.78. The SMILES string of the molecule is CCCNc1c(C(C)C)c(C)nc2c(C)cc(C)cc12. The number of rotatable bonds is 4. The fourth-order valence-corrected chi connectivity index (χ4v) is 3.00. The largest absolute Gasteiger partial charge is 0.384 e. The van der Waals surface area contributed by atoms with Crippen molar-refractivity contribution in [3.63, 3.8) is 0 Å². The first-order valence-electron chi connectivity index (χ1n) is 7.61. The van der Waals surface area contributed by atoms with Crippen LogP contribution in [0.25, 0.3) is 10.9 Å². The Morgan fingerprint density at radius 2 is 1.85 bits per heavy atom. The molecule has 0 aliphatic heterocycles. The highest BCUT2D eigenvalue weighted by Crippen LogP contribution is 2.35. The van der Waals surface area contributed by atoms with E-state index < -0.39 is 0 Å². The standard InChI is InChI=1S/C18H26N2/c1-7-8-19-18-15-10-12(4)9-13(5)17(15)20-14(6)16(18)11(2)3/h9-11H,7-8H2,1-6H3,(H,19,20). The van der Waals surface area contributed by atoms with Gasteiger partial charge in [-0.25, -0.2) is 0 Å². The lowest BCUT2D eigenvalue weighted by atomic mass is 9.94. The molecule has 0 atom stereocenters. The number of aryl methyl sites for hydroxylation is 3. The van der Waals surface area contributed by atoms with Gasteiger partial charge in [0.1, 0.15) is 0 Å². The fourth-order valence-electron chi connectivity index (χ4n) is 3.00. The van der Waals surface area contributed by atoms with E-state index in [0.29, 0.717) is 5.92 Å². The van der Waals surface area contributed by atoms with Crippen LogP contribution in [0.4, 0.5) is 5.69 Å². The first kappa shape index (κ1) is 14.8. The van der Waals surface area contributed by atoms with Crippen LogP contribution < -0.4 is 5.32 Å². The molecule has 2 rings (SSSR count). The van der Waals surface area contributed by atoms with E-state index in [1.165, 1.54) is 27.8 Å². The smallest absolute Gasteiger partial charge is 0.0755 e. The molecule has 0 bridgehead atoms. The molecule has 0 fully saturated rings. The summed E-state index contributed by atoms with van der Waals surface area (Å²) in [6.45, 7) is 14.1. The van der Waals surface area contributed by atoms with E-state index in [4.69, 9.17) is 4.98 Å². The second-order valence-electron chi connectivity index (χ2n) is 6.05. The number of aromatic nitrogens is 1. The number of hydrogen-bond donors (Lipinski definition) is 1. The van der Waals surface area contributed by atoms with Crippen LogP contribution in [0.2, 0.25) is 0 Å². The van der Waals surface area contributed by atoms with E-state index in [-0.39, 0.29) is 0 Å². The predicted octanol–water partition coefficient (Wildman–Crippen LogP) is 5.11. The zero-order chi connectivity index (χ0) is 14.9. The van der Waals surface area contributed by atoms with Gasteiger partial charge < -0.3 is 5.32 Å². The van der Waals surface area contributed by atoms with Crippen LogP contribution in [0.5, 0.6) is 0 Å². The Morgan fingerprint density at radius 3 is 2.45 bits per heavy atom. The summed E-state index contributed by atoms with van der Waals surface area (Å²) < 4.78 is 0. The number of anilines is 1. The first-order valence-corrected chi connectivity index (χ1v) is 7.61. The van der Waals surface area contributed by atoms with Gasteiger partial charge in [0.05, 0.1) is 5.52 Å². The molecule has 2 aromatic rings. The van der Waals surface area contributed by atoms with Gasteiger partial charge in [0.15, 0.2) is 0 Å². The zero-order valence-corrected chi connectivity index (χ0v) is 13.6. The molecule has 0 saturated carbocycles. The normalized spacial score (nSPS) is 11.3. The van der Waals surface area contributed by atoms with Crippen molar-refractivity contribution in [1.82, 2.24) is 4.98 Å². The third-order valence-corrected chi connectivity index (χ3v) is 3.78. The van der Waals surface area contributed by atoms with Crippen LogP contribution in [0, 0.1) is 20.8 Å². The van der Waals surface area contributed by atoms with Crippen molar-refractivity contribution in [2.24, 2.45) is 0 Å². The minimum absolute atomic E-state index is 0.479. The predicted molar refractivity (Wildman–Crippen MR) is 88.8 cm³/mol. The lowest BCUT2D eigenvalue weighted by Crippen LogP contribution is -2.08. The Morgan fingerprint density at radius 1 is 1.15 bits per heavy atom. The molecular formula is C18H26N2. The van der Waals surface area contributed by atoms with Crippen molar-refractivity contribution in [1.29, 1.82) is 0 Å². The van der Waals surface area contributed by atoms with Gasteiger partial charge in [-0.05, 0) is 50.3 Å². The minimum atomic E-state index is 0.479. The van der Waals surface area contributed by atoms with Gasteiger partial charge in [-0.3, -0.25) is 4.98 Å². The minimum Gasteiger partial charge on any atom is -0.384 e. The van der Waals surface area contributed by atoms with Crippen molar-refractivity contribution >= 4 is 16.6 Å². The molecule has 1 aromatic carbocycles. The van der Waals surface area contributed by atoms with Crippen molar-refractivity contribution in [3.05, 3.63) is 34.5 Å². The number of fused-ring (bicyclic) bond motifs is 1. The maximum absolute atomic E-state index is 4.87. The molecule has 0 aliphatic carbocycles. The van der Waals surface area contributed by atoms with Gasteiger partial charge in [-0.15, -0.1) is 0 Å². The van der Waals surface area contributed by atoms with Crippen molar-refractivity contribution in [3.8, 4) is 0 Å². The summed E-state index contributed by atoms with van der Waals surface area (Å²) in [7, 11) is 0. The van der Waals surface area contributed by atoms with E-state index in [1.807, 2.05) is 0 Å². The van der Waals surface area contributed by atoms with E-state index in [2.05, 4.69) is 59.0 Å². The van der Waals surface area contributed by atoms with E-state index in [0.717, 1.165) is 24.2 Å². The molecule has 20 heavy (non-hydrogen) atoms. The molecule has 0 radical (unpaired) electrons. The van der Waals surface area contributed by atoms with Crippen molar-refractivity contribution in [2.75, 3.05) is 11.9 Å². The summed E-state index contributed by atoms with van der Waals surface area (Å²) >= 11 is 0. The second-order valence-corrected chi connectivity index (χ2v) is 6.05. The van der Waals surface area contributed by atoms with Crippen LogP contribution in [-0.4, -0.2) is 11.5 Å². The Bertz CT molecular complexity index is 627. The van der Waals surface area contributed by atoms with Gasteiger partial charge in [0.25, 0.3) is 0 Å². The number of hydrogen-bond acceptors (Lipinski definition) is 2. The highest BCUT2D eigenvalue weighted by Gasteiger charge is 2.16. The molecule has 0 saturated heterocycles. The Hall–Kier alpha value is -1.57. The van der Waals surface area contributed by atoms with Gasteiger partial charge in [0.2, 0.25) is 0 Å². The second kappa shape index (κ2) is 5.82. The summed E-state index contributed by atoms with van der Waals surface area (Å²) in [6, 6.07) is 4.48. The number of pyridine rings is 1. The lowest BCUT2D eigenvalue weighted by Gasteiger charge is -2.20. The maximum Gasteiger partial charge on any atom is 0.0755 e. The average molecular weight is 270 g/mol. The highest BCUT2D eigenvalue weighted by molar-refractivity contribution is 5.96. The van der Waals surface area contributed by atoms with Gasteiger partial charge >= 0.3 is 0 Å². The van der Waals surface area contributed by atoms with Gasteiger partial charge in [-0.2, -0.15) is 0 Å². The molecule has 1 aromatic heterocycles. The van der Waals surface area contributed by atoms with Crippen molar-refractivity contribution < 1.29 is 0 Å². The third kappa shape index (κ3) is 2.65. The van der Waals surface area contributed by atoms with Gasteiger partial charge in [0, 0.05) is 23.3 Å². The van der Waals surface area contributed by atoms with Crippen molar-refractivity contribution in [2.45, 2.75) is 53.9 Å². The van der Waals surface area contributed by atoms with Gasteiger partial charge in [-0.1, -0.05) is 32.4 Å². The highest BCUT2D eigenvalue weighted by atomic mass is 14.9. The Kier molecular flexibility index (Phi) is 4.32. The summed E-state index contributed by atoms with van der Waals surface area (Å²) in [5.41, 5.74) is 7.49. The number of benzene rings is 1. The molecule has 0 spiro atoms. The van der Waals surface area contributed by atoms with E-state index >= 15 is 0 Å². The van der Waals surface area contributed by atoms with Crippen LogP contribution in [0.15, 0.2) is 12.1 Å². The van der Waals surface area contributed by atoms with Crippen LogP contribution in [-0.2, 0) is 0 Å². The molecule has 0 amide bonds. The molecule has 0 unspecified atom stereocenters. The molecule has 1 heterocycles. The lowest BCUT2D eigenvalue weighted by molar-refractivity contribution is 0.844. The zero-order valence-electron chi connectivity index (χ0n) is 13.6. The Balaban J connectivity index is 2.80. The average Bonchev–Trinajstić information content (AvgIpc) is 2.36. The molecular weight excluding hydrogens is 244 g/mol. The quantitative estimate of drug-likeness (QED) is 0.835. The molecule has 2 nitrogen and oxygen atoms in total. The monoisotopic (exact) mass is 270 g/mol. The summed E-state index contributed by atoms with van der Waals surface area (Å²) in [4.78, 5) is 4.87. The van der Waals surface area contributed by atoms with Crippen LogP contribution in [0.1, 0.15) is 55.5 Å². The number of nitrogens with one attached hydrogen (secondary N) is 1. The van der Waals surface area contributed by atoms with E-state index in [1.54, 1.807) is 0 Å². The maximum atomic E-state index is 4.87. The van der Waals surface area contributed by atoms with E-state index in [9.17, 15) is 0 Å². The van der Waals surface area contributed by atoms with Crippen LogP contribution >= 0.6 is 0 Å². The molecule has 1 N–H and O–H groups in total. The van der Waals surface area contributed by atoms with Crippen LogP contribution in [0.3, 0.4) is 0 Å². The Labute approximate surface area is 122 Å². The number of nitrogens with zero attached hydrogens (tertiary/aromatic N) is 1. The first-order chi connectivity index (χ1) is 9.45. The molecule has 2 heteroatoms. The summed E-state index contributed by atoms with van der Waals surface area (Å²) in [6.07, 6.45) is 1.13. The molecule has 0 aliphatic rings. The summed E-state index contributed by atoms with van der Waals surface area (Å²) in [5, 5.41) is 4.91. The summed E-state index contributed by atoms with van der Waals surface area (Å²) in [5.74, 6) is 0.479. The molecule has 108 valence electrons. The topological polar surface area (TPSA) is 24.9 Å².